The number of rotatable bonds is 2. The number of sulfone groups is 1. The molecule has 0 bridgehead atoms. The lowest BCUT2D eigenvalue weighted by Gasteiger charge is -2.44. The Morgan fingerprint density at radius 2 is 2.06 bits per heavy atom. The first-order valence-electron chi connectivity index (χ1n) is 6.84. The highest BCUT2D eigenvalue weighted by atomic mass is 32.2. The fourth-order valence-corrected chi connectivity index (χ4v) is 4.66. The van der Waals surface area contributed by atoms with Crippen molar-refractivity contribution in [3.05, 3.63) is 0 Å². The Hall–Kier alpha value is -0.130. The molecular weight excluding hydrogens is 252 g/mol. The molecule has 2 rings (SSSR count). The van der Waals surface area contributed by atoms with Crippen molar-refractivity contribution in [1.29, 1.82) is 0 Å². The van der Waals surface area contributed by atoms with Crippen LogP contribution in [0.4, 0.5) is 0 Å². The van der Waals surface area contributed by atoms with Crippen molar-refractivity contribution in [3.8, 4) is 0 Å². The van der Waals surface area contributed by atoms with Crippen molar-refractivity contribution in [3.63, 3.8) is 0 Å². The highest BCUT2D eigenvalue weighted by molar-refractivity contribution is 7.91. The van der Waals surface area contributed by atoms with E-state index in [1.165, 1.54) is 6.26 Å². The van der Waals surface area contributed by atoms with E-state index in [1.54, 1.807) is 0 Å². The van der Waals surface area contributed by atoms with Crippen LogP contribution < -0.4 is 0 Å². The first-order valence-corrected chi connectivity index (χ1v) is 8.79. The Balaban J connectivity index is 2.08. The Morgan fingerprint density at radius 3 is 2.67 bits per heavy atom. The quantitative estimate of drug-likeness (QED) is 0.830. The Kier molecular flexibility index (Phi) is 4.04. The molecule has 2 fully saturated rings. The zero-order valence-electron chi connectivity index (χ0n) is 11.3. The van der Waals surface area contributed by atoms with E-state index >= 15 is 0 Å². The predicted molar refractivity (Wildman–Crippen MR) is 70.2 cm³/mol. The van der Waals surface area contributed by atoms with Gasteiger partial charge in [0.05, 0.1) is 17.0 Å². The summed E-state index contributed by atoms with van der Waals surface area (Å²) in [6.45, 7) is 2.55. The van der Waals surface area contributed by atoms with Crippen LogP contribution in [-0.4, -0.2) is 43.3 Å². The molecule has 0 aromatic heterocycles. The molecule has 0 amide bonds. The number of hydrogen-bond acceptors (Lipinski definition) is 4. The monoisotopic (exact) mass is 276 g/mol. The van der Waals surface area contributed by atoms with Gasteiger partial charge in [0.1, 0.15) is 9.84 Å². The van der Waals surface area contributed by atoms with Crippen molar-refractivity contribution in [2.75, 3.05) is 12.9 Å². The van der Waals surface area contributed by atoms with Gasteiger partial charge in [-0.1, -0.05) is 6.42 Å². The van der Waals surface area contributed by atoms with Gasteiger partial charge in [-0.25, -0.2) is 8.42 Å². The molecule has 1 saturated carbocycles. The van der Waals surface area contributed by atoms with Gasteiger partial charge < -0.3 is 9.84 Å². The highest BCUT2D eigenvalue weighted by Crippen LogP contribution is 2.41. The van der Waals surface area contributed by atoms with Crippen molar-refractivity contribution in [2.45, 2.75) is 62.4 Å². The summed E-state index contributed by atoms with van der Waals surface area (Å²) in [6, 6.07) is 0. The summed E-state index contributed by atoms with van der Waals surface area (Å²) in [4.78, 5) is 0. The Morgan fingerprint density at radius 1 is 1.33 bits per heavy atom. The summed E-state index contributed by atoms with van der Waals surface area (Å²) in [5, 5.41) is 10.5. The smallest absolute Gasteiger partial charge is 0.150 e. The molecule has 1 N–H and O–H groups in total. The maximum Gasteiger partial charge on any atom is 0.150 e. The number of hydrogen-bond donors (Lipinski definition) is 1. The van der Waals surface area contributed by atoms with E-state index in [2.05, 4.69) is 0 Å². The van der Waals surface area contributed by atoms with Crippen LogP contribution in [0.3, 0.4) is 0 Å². The maximum absolute atomic E-state index is 11.7. The molecule has 1 aliphatic carbocycles. The molecule has 0 aromatic carbocycles. The van der Waals surface area contributed by atoms with Crippen molar-refractivity contribution >= 4 is 9.84 Å². The highest BCUT2D eigenvalue weighted by Gasteiger charge is 2.44. The van der Waals surface area contributed by atoms with E-state index in [4.69, 9.17) is 4.74 Å². The first-order chi connectivity index (χ1) is 8.31. The molecule has 0 aromatic rings. The van der Waals surface area contributed by atoms with E-state index in [0.29, 0.717) is 25.9 Å². The van der Waals surface area contributed by atoms with Gasteiger partial charge in [-0.15, -0.1) is 0 Å². The van der Waals surface area contributed by atoms with Gasteiger partial charge in [0.25, 0.3) is 0 Å². The second-order valence-corrected chi connectivity index (χ2v) is 8.38. The average Bonchev–Trinajstić information content (AvgIpc) is 2.28. The van der Waals surface area contributed by atoms with Crippen LogP contribution in [0, 0.1) is 5.92 Å². The second kappa shape index (κ2) is 5.10. The third-order valence-electron chi connectivity index (χ3n) is 4.57. The number of ether oxygens (including phenoxy) is 1. The lowest BCUT2D eigenvalue weighted by molar-refractivity contribution is -0.132. The van der Waals surface area contributed by atoms with Gasteiger partial charge in [0.15, 0.2) is 0 Å². The van der Waals surface area contributed by atoms with E-state index in [0.717, 1.165) is 19.3 Å². The minimum absolute atomic E-state index is 0.0716. The zero-order chi connectivity index (χ0) is 13.4. The molecule has 4 nitrogen and oxygen atoms in total. The third kappa shape index (κ3) is 3.06. The molecule has 0 radical (unpaired) electrons. The molecule has 106 valence electrons. The predicted octanol–water partition coefficient (Wildman–Crippen LogP) is 1.52. The van der Waals surface area contributed by atoms with Gasteiger partial charge in [-0.2, -0.15) is 0 Å². The molecule has 5 heteroatoms. The molecule has 4 unspecified atom stereocenters. The fraction of sp³-hybridized carbons (Fsp3) is 1.00. The largest absolute Gasteiger partial charge is 0.389 e. The van der Waals surface area contributed by atoms with Gasteiger partial charge in [-0.3, -0.25) is 0 Å². The van der Waals surface area contributed by atoms with Crippen molar-refractivity contribution in [2.24, 2.45) is 5.92 Å². The SMILES string of the molecule is CC1CC(O)(C2CCCC(S(C)(=O)=O)C2)CCO1. The minimum atomic E-state index is -2.98. The van der Waals surface area contributed by atoms with E-state index in [-0.39, 0.29) is 17.3 Å². The summed E-state index contributed by atoms with van der Waals surface area (Å²) in [5.74, 6) is 0.109. The summed E-state index contributed by atoms with van der Waals surface area (Å²) < 4.78 is 28.8. The first kappa shape index (κ1) is 14.3. The molecule has 4 atom stereocenters. The molecule has 0 spiro atoms. The molecule has 2 aliphatic rings. The maximum atomic E-state index is 11.7. The second-order valence-electron chi connectivity index (χ2n) is 6.05. The lowest BCUT2D eigenvalue weighted by atomic mass is 9.72. The standard InChI is InChI=1S/C13H24O4S/c1-10-9-13(14,6-7-17-10)11-4-3-5-12(8-11)18(2,15)16/h10-12,14H,3-9H2,1-2H3. The topological polar surface area (TPSA) is 63.6 Å². The summed E-state index contributed by atoms with van der Waals surface area (Å²) in [5.41, 5.74) is -0.721. The van der Waals surface area contributed by atoms with Crippen LogP contribution in [0.15, 0.2) is 0 Å². The normalized spacial score (nSPS) is 42.7. The molecule has 1 saturated heterocycles. The third-order valence-corrected chi connectivity index (χ3v) is 6.21. The average molecular weight is 276 g/mol. The minimum Gasteiger partial charge on any atom is -0.389 e. The van der Waals surface area contributed by atoms with E-state index < -0.39 is 15.4 Å². The molecular formula is C13H24O4S. The van der Waals surface area contributed by atoms with Gasteiger partial charge in [0.2, 0.25) is 0 Å². The Labute approximate surface area is 110 Å². The van der Waals surface area contributed by atoms with Gasteiger partial charge in [-0.05, 0) is 38.5 Å². The van der Waals surface area contributed by atoms with E-state index in [1.807, 2.05) is 6.92 Å². The summed E-state index contributed by atoms with van der Waals surface area (Å²) in [7, 11) is -2.98. The molecule has 1 heterocycles. The van der Waals surface area contributed by atoms with Crippen LogP contribution in [0.5, 0.6) is 0 Å². The zero-order valence-corrected chi connectivity index (χ0v) is 12.1. The van der Waals surface area contributed by atoms with Crippen LogP contribution >= 0.6 is 0 Å². The fourth-order valence-electron chi connectivity index (χ4n) is 3.49. The molecule has 1 aliphatic heterocycles. The Bertz CT molecular complexity index is 392. The van der Waals surface area contributed by atoms with Crippen LogP contribution in [0.2, 0.25) is 0 Å². The van der Waals surface area contributed by atoms with Crippen molar-refractivity contribution < 1.29 is 18.3 Å². The molecule has 18 heavy (non-hydrogen) atoms. The van der Waals surface area contributed by atoms with Gasteiger partial charge >= 0.3 is 0 Å². The van der Waals surface area contributed by atoms with Gasteiger partial charge in [0, 0.05) is 19.3 Å². The number of aliphatic hydroxyl groups is 1. The van der Waals surface area contributed by atoms with Crippen molar-refractivity contribution in [1.82, 2.24) is 0 Å². The summed E-state index contributed by atoms with van der Waals surface area (Å²) in [6.07, 6.45) is 5.86. The lowest BCUT2D eigenvalue weighted by Crippen LogP contribution is -2.48. The van der Waals surface area contributed by atoms with Crippen LogP contribution in [0.25, 0.3) is 0 Å². The summed E-state index contributed by atoms with van der Waals surface area (Å²) >= 11 is 0. The van der Waals surface area contributed by atoms with Crippen LogP contribution in [0.1, 0.15) is 45.4 Å². The van der Waals surface area contributed by atoms with E-state index in [9.17, 15) is 13.5 Å². The van der Waals surface area contributed by atoms with Crippen LogP contribution in [-0.2, 0) is 14.6 Å².